The first kappa shape index (κ1) is 33.4. The zero-order valence-electron chi connectivity index (χ0n) is 24.1. The molecule has 0 aliphatic carbocycles. The smallest absolute Gasteiger partial charge is 0.0415 e. The van der Waals surface area contributed by atoms with Crippen LogP contribution >= 0.6 is 0 Å². The van der Waals surface area contributed by atoms with Crippen LogP contribution in [0.5, 0.6) is 0 Å². The molecule has 0 aliphatic rings. The number of hydrogen-bond acceptors (Lipinski definition) is 0. The van der Waals surface area contributed by atoms with Gasteiger partial charge < -0.3 is 0 Å². The zero-order chi connectivity index (χ0) is 24.3. The van der Waals surface area contributed by atoms with Crippen molar-refractivity contribution < 1.29 is 0 Å². The summed E-state index contributed by atoms with van der Waals surface area (Å²) >= 11 is 0. The Morgan fingerprint density at radius 3 is 0.758 bits per heavy atom. The fourth-order valence-corrected chi connectivity index (χ4v) is 13.7. The minimum Gasteiger partial charge on any atom is -0.0754 e. The third-order valence-corrected chi connectivity index (χ3v) is 18.5. The Morgan fingerprint density at radius 1 is 0.333 bits per heavy atom. The lowest BCUT2D eigenvalue weighted by atomic mass is 10.1. The van der Waals surface area contributed by atoms with Gasteiger partial charge in [-0.3, -0.25) is 0 Å². The van der Waals surface area contributed by atoms with Crippen molar-refractivity contribution in [3.8, 4) is 0 Å². The third kappa shape index (κ3) is 22.6. The lowest BCUT2D eigenvalue weighted by molar-refractivity contribution is 0.576. The van der Waals surface area contributed by atoms with E-state index < -0.39 is 7.59 Å². The third-order valence-electron chi connectivity index (χ3n) is 8.06. The van der Waals surface area contributed by atoms with Gasteiger partial charge in [0.25, 0.3) is 0 Å². The molecular formula is C31H66Si2. The molecule has 0 fully saturated rings. The second-order valence-electron chi connectivity index (χ2n) is 11.2. The Morgan fingerprint density at radius 2 is 0.545 bits per heavy atom. The molecule has 0 aromatic heterocycles. The Kier molecular flexibility index (Phi) is 27.4. The summed E-state index contributed by atoms with van der Waals surface area (Å²) in [5, 5.41) is 0. The van der Waals surface area contributed by atoms with Crippen LogP contribution in [0.4, 0.5) is 0 Å². The number of rotatable bonds is 28. The molecule has 0 bridgehead atoms. The lowest BCUT2D eigenvalue weighted by Crippen LogP contribution is -2.40. The maximum Gasteiger partial charge on any atom is 0.0415 e. The van der Waals surface area contributed by atoms with Crippen molar-refractivity contribution in [2.24, 2.45) is 0 Å². The molecule has 2 heteroatoms. The first-order valence-electron chi connectivity index (χ1n) is 15.9. The molecule has 0 rings (SSSR count). The molecule has 0 heterocycles. The van der Waals surface area contributed by atoms with Crippen molar-refractivity contribution in [1.82, 2.24) is 0 Å². The topological polar surface area (TPSA) is 0 Å². The summed E-state index contributed by atoms with van der Waals surface area (Å²) in [7, 11) is 0.309. The van der Waals surface area contributed by atoms with E-state index in [1.807, 2.05) is 0 Å². The summed E-state index contributed by atoms with van der Waals surface area (Å²) < 4.78 is 0. The quantitative estimate of drug-likeness (QED) is 0.0749. The van der Waals surface area contributed by atoms with Gasteiger partial charge in [-0.1, -0.05) is 200 Å². The first-order valence-corrected chi connectivity index (χ1v) is 21.1. The van der Waals surface area contributed by atoms with E-state index in [1.54, 1.807) is 37.4 Å². The van der Waals surface area contributed by atoms with E-state index >= 15 is 0 Å². The highest BCUT2D eigenvalue weighted by molar-refractivity contribution is 7.24. The molecule has 0 nitrogen and oxygen atoms in total. The van der Waals surface area contributed by atoms with Gasteiger partial charge in [0.15, 0.2) is 0 Å². The normalized spacial score (nSPS) is 12.0. The minimum atomic E-state index is -0.985. The van der Waals surface area contributed by atoms with Crippen molar-refractivity contribution in [3.05, 3.63) is 0 Å². The highest BCUT2D eigenvalue weighted by Gasteiger charge is 2.29. The van der Waals surface area contributed by atoms with E-state index in [-0.39, 0.29) is 0 Å². The van der Waals surface area contributed by atoms with Gasteiger partial charge in [-0.15, -0.1) is 0 Å². The second-order valence-corrected chi connectivity index (χ2v) is 20.4. The van der Waals surface area contributed by atoms with Gasteiger partial charge in [0.2, 0.25) is 0 Å². The largest absolute Gasteiger partial charge is 0.0754 e. The summed E-state index contributed by atoms with van der Waals surface area (Å²) in [6.07, 6.45) is 35.7. The predicted molar refractivity (Wildman–Crippen MR) is 160 cm³/mol. The van der Waals surface area contributed by atoms with Crippen molar-refractivity contribution in [2.75, 3.05) is 0 Å². The summed E-state index contributed by atoms with van der Waals surface area (Å²) in [4.78, 5) is 0. The molecule has 0 aromatic carbocycles. The van der Waals surface area contributed by atoms with Crippen LogP contribution in [0.25, 0.3) is 0 Å². The van der Waals surface area contributed by atoms with E-state index in [2.05, 4.69) is 27.3 Å². The molecule has 0 atom stereocenters. The molecule has 0 N–H and O–H groups in total. The van der Waals surface area contributed by atoms with Gasteiger partial charge in [0.1, 0.15) is 0 Å². The SMILES string of the molecule is CCCCCCCCCC[Si](CCCCCCCCCC)(CCCCCCCCCC)[Si]C. The fourth-order valence-electron chi connectivity index (χ4n) is 5.54. The van der Waals surface area contributed by atoms with Crippen LogP contribution in [0.1, 0.15) is 175 Å². The van der Waals surface area contributed by atoms with Gasteiger partial charge in [-0.05, 0) is 0 Å². The highest BCUT2D eigenvalue weighted by atomic mass is 29.2. The van der Waals surface area contributed by atoms with Crippen LogP contribution in [-0.4, -0.2) is 16.6 Å². The van der Waals surface area contributed by atoms with Crippen LogP contribution in [0.3, 0.4) is 0 Å². The molecule has 0 amide bonds. The zero-order valence-corrected chi connectivity index (χ0v) is 26.1. The van der Waals surface area contributed by atoms with Crippen LogP contribution in [0, 0.1) is 0 Å². The molecular weight excluding hydrogens is 429 g/mol. The summed E-state index contributed by atoms with van der Waals surface area (Å²) in [6, 6.07) is 5.01. The standard InChI is InChI=1S/C31H66Si2/c1-5-8-11-14-17-20-23-26-29-33(32-4,30-27-24-21-18-15-12-9-6-2)31-28-25-22-19-16-13-10-7-3/h5-31H2,1-4H3. The maximum absolute atomic E-state index is 2.60. The van der Waals surface area contributed by atoms with Gasteiger partial charge >= 0.3 is 0 Å². The number of hydrogen-bond donors (Lipinski definition) is 0. The monoisotopic (exact) mass is 494 g/mol. The maximum atomic E-state index is 2.60. The van der Waals surface area contributed by atoms with Gasteiger partial charge in [0.05, 0.1) is 0 Å². The van der Waals surface area contributed by atoms with E-state index in [4.69, 9.17) is 0 Å². The highest BCUT2D eigenvalue weighted by Crippen LogP contribution is 2.29. The van der Waals surface area contributed by atoms with Crippen LogP contribution in [0.2, 0.25) is 24.7 Å². The van der Waals surface area contributed by atoms with Gasteiger partial charge in [0, 0.05) is 16.6 Å². The van der Waals surface area contributed by atoms with E-state index in [0.29, 0.717) is 0 Å². The molecule has 0 spiro atoms. The summed E-state index contributed by atoms with van der Waals surface area (Å²) in [5.41, 5.74) is 0. The van der Waals surface area contributed by atoms with Crippen LogP contribution in [-0.2, 0) is 0 Å². The van der Waals surface area contributed by atoms with E-state index in [1.165, 1.54) is 144 Å². The van der Waals surface area contributed by atoms with Crippen LogP contribution in [0.15, 0.2) is 0 Å². The molecule has 0 unspecified atom stereocenters. The second kappa shape index (κ2) is 27.0. The van der Waals surface area contributed by atoms with E-state index in [0.717, 1.165) is 0 Å². The summed E-state index contributed by atoms with van der Waals surface area (Å²) in [6.45, 7) is 9.59. The average Bonchev–Trinajstić information content (AvgIpc) is 2.83. The van der Waals surface area contributed by atoms with Crippen molar-refractivity contribution in [2.45, 2.75) is 200 Å². The molecule has 0 aliphatic heterocycles. The Hall–Kier alpha value is 0.434. The van der Waals surface area contributed by atoms with Crippen molar-refractivity contribution in [1.29, 1.82) is 0 Å². The lowest BCUT2D eigenvalue weighted by Gasteiger charge is -2.31. The van der Waals surface area contributed by atoms with Crippen molar-refractivity contribution in [3.63, 3.8) is 0 Å². The molecule has 0 saturated heterocycles. The molecule has 198 valence electrons. The summed E-state index contributed by atoms with van der Waals surface area (Å²) in [5.74, 6) is 0. The number of unbranched alkanes of at least 4 members (excludes halogenated alkanes) is 21. The Balaban J connectivity index is 4.23. The molecule has 0 saturated carbocycles. The van der Waals surface area contributed by atoms with E-state index in [9.17, 15) is 0 Å². The molecule has 2 radical (unpaired) electrons. The minimum absolute atomic E-state index is 0.985. The Labute approximate surface area is 215 Å². The van der Waals surface area contributed by atoms with Gasteiger partial charge in [-0.25, -0.2) is 0 Å². The Bertz CT molecular complexity index is 305. The molecule has 33 heavy (non-hydrogen) atoms. The van der Waals surface area contributed by atoms with Crippen molar-refractivity contribution >= 4 is 16.6 Å². The van der Waals surface area contributed by atoms with Crippen LogP contribution < -0.4 is 0 Å². The predicted octanol–water partition coefficient (Wildman–Crippen LogP) is 12.1. The van der Waals surface area contributed by atoms with Gasteiger partial charge in [-0.2, -0.15) is 0 Å². The first-order chi connectivity index (χ1) is 16.2. The fraction of sp³-hybridized carbons (Fsp3) is 1.00. The average molecular weight is 495 g/mol. The molecule has 0 aromatic rings.